The summed E-state index contributed by atoms with van der Waals surface area (Å²) in [6, 6.07) is 9.65. The van der Waals surface area contributed by atoms with E-state index >= 15 is 0 Å². The van der Waals surface area contributed by atoms with E-state index in [1.165, 1.54) is 11.8 Å². The highest BCUT2D eigenvalue weighted by molar-refractivity contribution is 7.91. The average Bonchev–Trinajstić information content (AvgIpc) is 3.32. The van der Waals surface area contributed by atoms with Crippen molar-refractivity contribution in [2.45, 2.75) is 26.3 Å². The number of carbonyl (C=O) groups excluding carboxylic acids is 3. The van der Waals surface area contributed by atoms with Gasteiger partial charge in [-0.3, -0.25) is 14.4 Å². The van der Waals surface area contributed by atoms with Crippen LogP contribution in [0.15, 0.2) is 40.8 Å². The average molecular weight is 432 g/mol. The lowest BCUT2D eigenvalue weighted by Crippen LogP contribution is -2.44. The van der Waals surface area contributed by atoms with Gasteiger partial charge in [0.2, 0.25) is 5.91 Å². The van der Waals surface area contributed by atoms with E-state index in [0.717, 1.165) is 5.56 Å². The van der Waals surface area contributed by atoms with Gasteiger partial charge in [0, 0.05) is 23.7 Å². The molecule has 0 spiro atoms. The van der Waals surface area contributed by atoms with Gasteiger partial charge in [0.15, 0.2) is 21.4 Å². The molecule has 0 bridgehead atoms. The SMILES string of the molecule is CCN(CC(=O)N[C@H]1CCS(=O)(=O)C1)C(=O)c1ccc(-c2ccc(C(C)=O)cc2)o1. The molecule has 1 aliphatic heterocycles. The lowest BCUT2D eigenvalue weighted by molar-refractivity contribution is -0.122. The Labute approximate surface area is 175 Å². The van der Waals surface area contributed by atoms with Crippen LogP contribution in [0, 0.1) is 0 Å². The maximum absolute atomic E-state index is 12.8. The standard InChI is InChI=1S/C21H24N2O6S/c1-3-23(12-20(25)22-17-10-11-30(27,28)13-17)21(26)19-9-8-18(29-19)16-6-4-15(5-7-16)14(2)24/h4-9,17H,3,10-13H2,1-2H3,(H,22,25)/t17-/m0/s1. The van der Waals surface area contributed by atoms with Crippen molar-refractivity contribution < 1.29 is 27.2 Å². The molecule has 1 aliphatic rings. The molecule has 8 nitrogen and oxygen atoms in total. The zero-order valence-corrected chi connectivity index (χ0v) is 17.7. The number of hydrogen-bond donors (Lipinski definition) is 1. The molecular weight excluding hydrogens is 408 g/mol. The minimum absolute atomic E-state index is 0.0380. The summed E-state index contributed by atoms with van der Waals surface area (Å²) in [6.07, 6.45) is 0.387. The van der Waals surface area contributed by atoms with Gasteiger partial charge in [0.05, 0.1) is 18.1 Å². The second kappa shape index (κ2) is 8.83. The molecule has 0 unspecified atom stereocenters. The van der Waals surface area contributed by atoms with E-state index in [-0.39, 0.29) is 29.6 Å². The van der Waals surface area contributed by atoms with Crippen LogP contribution in [-0.2, 0) is 14.6 Å². The van der Waals surface area contributed by atoms with Crippen molar-refractivity contribution >= 4 is 27.4 Å². The number of benzene rings is 1. The molecular formula is C21H24N2O6S. The first-order valence-corrected chi connectivity index (χ1v) is 11.5. The van der Waals surface area contributed by atoms with Gasteiger partial charge in [-0.2, -0.15) is 0 Å². The summed E-state index contributed by atoms with van der Waals surface area (Å²) >= 11 is 0. The van der Waals surface area contributed by atoms with Crippen LogP contribution in [0.2, 0.25) is 0 Å². The fourth-order valence-corrected chi connectivity index (χ4v) is 4.99. The van der Waals surface area contributed by atoms with Gasteiger partial charge in [-0.15, -0.1) is 0 Å². The zero-order chi connectivity index (χ0) is 21.9. The van der Waals surface area contributed by atoms with Crippen LogP contribution < -0.4 is 5.32 Å². The first-order chi connectivity index (χ1) is 14.2. The lowest BCUT2D eigenvalue weighted by Gasteiger charge is -2.20. The minimum Gasteiger partial charge on any atom is -0.451 e. The van der Waals surface area contributed by atoms with E-state index < -0.39 is 27.7 Å². The Morgan fingerprint density at radius 3 is 2.40 bits per heavy atom. The summed E-state index contributed by atoms with van der Waals surface area (Å²) in [4.78, 5) is 37.7. The molecule has 1 atom stereocenters. The van der Waals surface area contributed by atoms with Gasteiger partial charge >= 0.3 is 0 Å². The molecule has 1 aromatic carbocycles. The monoisotopic (exact) mass is 432 g/mol. The number of furan rings is 1. The molecule has 1 N–H and O–H groups in total. The maximum Gasteiger partial charge on any atom is 0.290 e. The summed E-state index contributed by atoms with van der Waals surface area (Å²) in [5.41, 5.74) is 1.31. The van der Waals surface area contributed by atoms with Crippen molar-refractivity contribution in [3.63, 3.8) is 0 Å². The van der Waals surface area contributed by atoms with E-state index in [1.807, 2.05) is 0 Å². The number of nitrogens with one attached hydrogen (secondary N) is 1. The van der Waals surface area contributed by atoms with E-state index in [2.05, 4.69) is 5.32 Å². The van der Waals surface area contributed by atoms with Gasteiger partial charge in [0.1, 0.15) is 5.76 Å². The van der Waals surface area contributed by atoms with Crippen LogP contribution in [0.25, 0.3) is 11.3 Å². The quantitative estimate of drug-likeness (QED) is 0.669. The summed E-state index contributed by atoms with van der Waals surface area (Å²) < 4.78 is 28.7. The van der Waals surface area contributed by atoms with E-state index in [4.69, 9.17) is 4.42 Å². The van der Waals surface area contributed by atoms with Crippen LogP contribution in [0.4, 0.5) is 0 Å². The minimum atomic E-state index is -3.09. The number of likely N-dealkylation sites (N-methyl/N-ethyl adjacent to an activating group) is 1. The highest BCUT2D eigenvalue weighted by atomic mass is 32.2. The molecule has 0 saturated carbocycles. The van der Waals surface area contributed by atoms with E-state index in [1.54, 1.807) is 43.3 Å². The Morgan fingerprint density at radius 2 is 1.83 bits per heavy atom. The summed E-state index contributed by atoms with van der Waals surface area (Å²) in [5, 5.41) is 2.68. The summed E-state index contributed by atoms with van der Waals surface area (Å²) in [7, 11) is -3.09. The molecule has 2 aromatic rings. The van der Waals surface area contributed by atoms with Gasteiger partial charge in [-0.05, 0) is 32.4 Å². The van der Waals surface area contributed by atoms with Crippen molar-refractivity contribution in [1.82, 2.24) is 10.2 Å². The number of amides is 2. The third-order valence-electron chi connectivity index (χ3n) is 4.99. The van der Waals surface area contributed by atoms with Crippen LogP contribution in [0.3, 0.4) is 0 Å². The fraction of sp³-hybridized carbons (Fsp3) is 0.381. The second-order valence-electron chi connectivity index (χ2n) is 7.28. The number of nitrogens with zero attached hydrogens (tertiary/aromatic N) is 1. The Bertz CT molecular complexity index is 1060. The molecule has 30 heavy (non-hydrogen) atoms. The van der Waals surface area contributed by atoms with Crippen molar-refractivity contribution in [2.24, 2.45) is 0 Å². The van der Waals surface area contributed by atoms with Crippen LogP contribution >= 0.6 is 0 Å². The molecule has 0 radical (unpaired) electrons. The topological polar surface area (TPSA) is 114 Å². The molecule has 1 aromatic heterocycles. The largest absolute Gasteiger partial charge is 0.451 e. The summed E-state index contributed by atoms with van der Waals surface area (Å²) in [5.74, 6) is -0.301. The normalized spacial score (nSPS) is 17.5. The molecule has 0 aliphatic carbocycles. The number of ketones is 1. The van der Waals surface area contributed by atoms with Crippen LogP contribution in [0.1, 0.15) is 41.2 Å². The van der Waals surface area contributed by atoms with E-state index in [9.17, 15) is 22.8 Å². The van der Waals surface area contributed by atoms with Crippen LogP contribution in [-0.4, -0.2) is 61.6 Å². The molecule has 9 heteroatoms. The molecule has 2 heterocycles. The maximum atomic E-state index is 12.8. The molecule has 1 fully saturated rings. The molecule has 3 rings (SSSR count). The van der Waals surface area contributed by atoms with Gasteiger partial charge in [-0.1, -0.05) is 24.3 Å². The first kappa shape index (κ1) is 21.8. The predicted octanol–water partition coefficient (Wildman–Crippen LogP) is 1.91. The second-order valence-corrected chi connectivity index (χ2v) is 9.51. The first-order valence-electron chi connectivity index (χ1n) is 9.69. The van der Waals surface area contributed by atoms with Gasteiger partial charge in [-0.25, -0.2) is 8.42 Å². The third kappa shape index (κ3) is 5.15. The van der Waals surface area contributed by atoms with Gasteiger partial charge < -0.3 is 14.6 Å². The highest BCUT2D eigenvalue weighted by Gasteiger charge is 2.30. The number of rotatable bonds is 7. The number of carbonyl (C=O) groups is 3. The number of sulfone groups is 1. The molecule has 1 saturated heterocycles. The smallest absolute Gasteiger partial charge is 0.290 e. The molecule has 2 amide bonds. The van der Waals surface area contributed by atoms with Crippen molar-refractivity contribution in [2.75, 3.05) is 24.6 Å². The third-order valence-corrected chi connectivity index (χ3v) is 6.76. The molecule has 160 valence electrons. The number of hydrogen-bond acceptors (Lipinski definition) is 6. The Balaban J connectivity index is 1.64. The van der Waals surface area contributed by atoms with Crippen molar-refractivity contribution in [3.05, 3.63) is 47.7 Å². The lowest BCUT2D eigenvalue weighted by atomic mass is 10.1. The van der Waals surface area contributed by atoms with Crippen molar-refractivity contribution in [3.8, 4) is 11.3 Å². The van der Waals surface area contributed by atoms with Crippen molar-refractivity contribution in [1.29, 1.82) is 0 Å². The highest BCUT2D eigenvalue weighted by Crippen LogP contribution is 2.23. The Morgan fingerprint density at radius 1 is 1.13 bits per heavy atom. The van der Waals surface area contributed by atoms with Crippen LogP contribution in [0.5, 0.6) is 0 Å². The summed E-state index contributed by atoms with van der Waals surface area (Å²) in [6.45, 7) is 3.34. The van der Waals surface area contributed by atoms with Gasteiger partial charge in [0.25, 0.3) is 5.91 Å². The van der Waals surface area contributed by atoms with E-state index in [0.29, 0.717) is 24.3 Å². The predicted molar refractivity (Wildman–Crippen MR) is 111 cm³/mol. The zero-order valence-electron chi connectivity index (χ0n) is 16.9. The Hall–Kier alpha value is -2.94. The Kier molecular flexibility index (Phi) is 6.40. The number of Topliss-reactive ketones (excluding diaryl/α,β-unsaturated/α-hetero) is 1. The fourth-order valence-electron chi connectivity index (χ4n) is 3.32.